The van der Waals surface area contributed by atoms with E-state index in [1.807, 2.05) is 0 Å². The number of carbonyl (C=O) groups is 2. The van der Waals surface area contributed by atoms with Crippen LogP contribution in [0.4, 0.5) is 0 Å². The first-order valence-corrected chi connectivity index (χ1v) is 6.02. The van der Waals surface area contributed by atoms with E-state index in [1.165, 1.54) is 17.2 Å². The number of aromatic nitrogens is 1. The number of nitrogens with zero attached hydrogens (tertiary/aromatic N) is 2. The van der Waals surface area contributed by atoms with E-state index in [-0.39, 0.29) is 18.3 Å². The Hall–Kier alpha value is -2.57. The van der Waals surface area contributed by atoms with Gasteiger partial charge in [0.05, 0.1) is 6.26 Å². The summed E-state index contributed by atoms with van der Waals surface area (Å²) < 4.78 is 10.2. The first kappa shape index (κ1) is 13.9. The molecule has 0 aliphatic heterocycles. The summed E-state index contributed by atoms with van der Waals surface area (Å²) in [6.45, 7) is 3.07. The van der Waals surface area contributed by atoms with Gasteiger partial charge in [-0.05, 0) is 26.0 Å². The molecule has 0 unspecified atom stereocenters. The van der Waals surface area contributed by atoms with Gasteiger partial charge >= 0.3 is 5.97 Å². The van der Waals surface area contributed by atoms with Gasteiger partial charge in [0, 0.05) is 12.1 Å². The fraction of sp³-hybridized carbons (Fsp3) is 0.308. The van der Waals surface area contributed by atoms with Crippen molar-refractivity contribution < 1.29 is 23.6 Å². The first-order valence-electron chi connectivity index (χ1n) is 6.02. The van der Waals surface area contributed by atoms with Crippen molar-refractivity contribution in [3.8, 4) is 11.5 Å². The first-order chi connectivity index (χ1) is 9.49. The third kappa shape index (κ3) is 2.87. The number of rotatable bonds is 5. The molecule has 0 spiro atoms. The van der Waals surface area contributed by atoms with E-state index < -0.39 is 11.9 Å². The van der Waals surface area contributed by atoms with Gasteiger partial charge in [-0.1, -0.05) is 5.16 Å². The molecule has 20 heavy (non-hydrogen) atoms. The predicted octanol–water partition coefficient (Wildman–Crippen LogP) is 1.87. The third-order valence-corrected chi connectivity index (χ3v) is 2.68. The zero-order valence-electron chi connectivity index (χ0n) is 11.1. The Kier molecular flexibility index (Phi) is 3.88. The Labute approximate surface area is 114 Å². The van der Waals surface area contributed by atoms with E-state index in [9.17, 15) is 9.59 Å². The van der Waals surface area contributed by atoms with Crippen LogP contribution < -0.4 is 0 Å². The van der Waals surface area contributed by atoms with Gasteiger partial charge in [0.2, 0.25) is 5.76 Å². The van der Waals surface area contributed by atoms with Gasteiger partial charge in [0.1, 0.15) is 6.54 Å². The van der Waals surface area contributed by atoms with Crippen molar-refractivity contribution in [2.24, 2.45) is 0 Å². The summed E-state index contributed by atoms with van der Waals surface area (Å²) in [5.41, 5.74) is 0.0475. The van der Waals surface area contributed by atoms with E-state index in [1.54, 1.807) is 26.0 Å². The molecule has 0 fully saturated rings. The van der Waals surface area contributed by atoms with Gasteiger partial charge in [0.25, 0.3) is 5.91 Å². The molecule has 0 saturated heterocycles. The lowest BCUT2D eigenvalue weighted by molar-refractivity contribution is -0.138. The average Bonchev–Trinajstić information content (AvgIpc) is 3.04. The highest BCUT2D eigenvalue weighted by atomic mass is 16.5. The lowest BCUT2D eigenvalue weighted by Gasteiger charge is -2.23. The quantitative estimate of drug-likeness (QED) is 0.896. The maximum atomic E-state index is 12.2. The van der Waals surface area contributed by atoms with Crippen LogP contribution in [0.3, 0.4) is 0 Å². The van der Waals surface area contributed by atoms with Crippen molar-refractivity contribution in [2.45, 2.75) is 19.9 Å². The van der Waals surface area contributed by atoms with Gasteiger partial charge < -0.3 is 18.9 Å². The number of hydrogen-bond donors (Lipinski definition) is 1. The number of carbonyl (C=O) groups excluding carboxylic acids is 1. The van der Waals surface area contributed by atoms with E-state index in [0.717, 1.165) is 0 Å². The van der Waals surface area contributed by atoms with Crippen LogP contribution in [0.25, 0.3) is 11.5 Å². The summed E-state index contributed by atoms with van der Waals surface area (Å²) in [5.74, 6) is -0.811. The van der Waals surface area contributed by atoms with Crippen molar-refractivity contribution in [3.05, 3.63) is 30.2 Å². The van der Waals surface area contributed by atoms with Gasteiger partial charge in [-0.25, -0.2) is 0 Å². The molecule has 0 aliphatic rings. The Bertz CT molecular complexity index is 600. The van der Waals surface area contributed by atoms with Crippen molar-refractivity contribution in [1.82, 2.24) is 10.1 Å². The molecule has 2 aromatic rings. The lowest BCUT2D eigenvalue weighted by atomic mass is 10.2. The number of aliphatic carboxylic acids is 1. The molecule has 2 heterocycles. The smallest absolute Gasteiger partial charge is 0.323 e. The fourth-order valence-corrected chi connectivity index (χ4v) is 1.69. The second-order valence-corrected chi connectivity index (χ2v) is 4.47. The normalized spacial score (nSPS) is 10.8. The van der Waals surface area contributed by atoms with E-state index in [4.69, 9.17) is 14.0 Å². The summed E-state index contributed by atoms with van der Waals surface area (Å²) in [7, 11) is 0. The maximum Gasteiger partial charge on any atom is 0.323 e. The molecular weight excluding hydrogens is 264 g/mol. The Morgan fingerprint density at radius 2 is 2.15 bits per heavy atom. The average molecular weight is 278 g/mol. The molecule has 7 heteroatoms. The van der Waals surface area contributed by atoms with Crippen LogP contribution in [-0.4, -0.2) is 39.6 Å². The minimum Gasteiger partial charge on any atom is -0.480 e. The van der Waals surface area contributed by atoms with Crippen LogP contribution in [0.1, 0.15) is 24.3 Å². The number of carboxylic acid groups (broad SMARTS) is 1. The topological polar surface area (TPSA) is 96.8 Å². The summed E-state index contributed by atoms with van der Waals surface area (Å²) in [5, 5.41) is 12.5. The fourth-order valence-electron chi connectivity index (χ4n) is 1.69. The summed E-state index contributed by atoms with van der Waals surface area (Å²) >= 11 is 0. The molecule has 0 aliphatic carbocycles. The largest absolute Gasteiger partial charge is 0.480 e. The lowest BCUT2D eigenvalue weighted by Crippen LogP contribution is -2.40. The predicted molar refractivity (Wildman–Crippen MR) is 68.0 cm³/mol. The summed E-state index contributed by atoms with van der Waals surface area (Å²) in [6.07, 6.45) is 1.48. The van der Waals surface area contributed by atoms with Gasteiger partial charge in [-0.15, -0.1) is 0 Å². The SMILES string of the molecule is CC(C)N(CC(=O)O)C(=O)c1cc(-c2ccco2)on1. The Morgan fingerprint density at radius 1 is 1.40 bits per heavy atom. The molecule has 0 bridgehead atoms. The Morgan fingerprint density at radius 3 is 2.70 bits per heavy atom. The molecule has 2 rings (SSSR count). The molecule has 2 aromatic heterocycles. The zero-order chi connectivity index (χ0) is 14.7. The molecular formula is C13H14N2O5. The minimum atomic E-state index is -1.08. The molecule has 0 radical (unpaired) electrons. The number of carboxylic acids is 1. The molecule has 0 atom stereocenters. The molecule has 0 saturated carbocycles. The Balaban J connectivity index is 2.22. The highest BCUT2D eigenvalue weighted by Gasteiger charge is 2.24. The summed E-state index contributed by atoms with van der Waals surface area (Å²) in [4.78, 5) is 24.2. The molecule has 7 nitrogen and oxygen atoms in total. The van der Waals surface area contributed by atoms with E-state index in [0.29, 0.717) is 11.5 Å². The zero-order valence-corrected chi connectivity index (χ0v) is 11.1. The van der Waals surface area contributed by atoms with Crippen LogP contribution in [-0.2, 0) is 4.79 Å². The third-order valence-electron chi connectivity index (χ3n) is 2.68. The van der Waals surface area contributed by atoms with Gasteiger partial charge in [0.15, 0.2) is 11.5 Å². The molecule has 106 valence electrons. The van der Waals surface area contributed by atoms with E-state index in [2.05, 4.69) is 5.16 Å². The maximum absolute atomic E-state index is 12.2. The molecule has 0 aromatic carbocycles. The number of furan rings is 1. The second kappa shape index (κ2) is 5.60. The van der Waals surface area contributed by atoms with Crippen LogP contribution in [0, 0.1) is 0 Å². The molecule has 1 N–H and O–H groups in total. The standard InChI is InChI=1S/C13H14N2O5/c1-8(2)15(7-12(16)17)13(18)9-6-11(20-14-9)10-4-3-5-19-10/h3-6,8H,7H2,1-2H3,(H,16,17). The van der Waals surface area contributed by atoms with Crippen molar-refractivity contribution in [2.75, 3.05) is 6.54 Å². The highest BCUT2D eigenvalue weighted by Crippen LogP contribution is 2.21. The highest BCUT2D eigenvalue weighted by molar-refractivity contribution is 5.94. The van der Waals surface area contributed by atoms with Crippen LogP contribution in [0.15, 0.2) is 33.4 Å². The summed E-state index contributed by atoms with van der Waals surface area (Å²) in [6, 6.07) is 4.52. The van der Waals surface area contributed by atoms with Crippen LogP contribution in [0.2, 0.25) is 0 Å². The van der Waals surface area contributed by atoms with Gasteiger partial charge in [-0.2, -0.15) is 0 Å². The monoisotopic (exact) mass is 278 g/mol. The number of hydrogen-bond acceptors (Lipinski definition) is 5. The molecule has 1 amide bonds. The van der Waals surface area contributed by atoms with Crippen molar-refractivity contribution >= 4 is 11.9 Å². The van der Waals surface area contributed by atoms with Crippen LogP contribution in [0.5, 0.6) is 0 Å². The minimum absolute atomic E-state index is 0.0475. The van der Waals surface area contributed by atoms with Crippen LogP contribution >= 0.6 is 0 Å². The van der Waals surface area contributed by atoms with Crippen molar-refractivity contribution in [1.29, 1.82) is 0 Å². The second-order valence-electron chi connectivity index (χ2n) is 4.47. The van der Waals surface area contributed by atoms with Gasteiger partial charge in [-0.3, -0.25) is 9.59 Å². The van der Waals surface area contributed by atoms with E-state index >= 15 is 0 Å². The number of amides is 1. The van der Waals surface area contributed by atoms with Crippen molar-refractivity contribution in [3.63, 3.8) is 0 Å².